The second-order valence-corrected chi connectivity index (χ2v) is 2.70. The average Bonchev–Trinajstić information content (AvgIpc) is 2.16. The first-order chi connectivity index (χ1) is 6.41. The summed E-state index contributed by atoms with van der Waals surface area (Å²) >= 11 is 0. The zero-order valence-corrected chi connectivity index (χ0v) is 8.24. The quantitative estimate of drug-likeness (QED) is 0.445. The molecule has 0 saturated carbocycles. The van der Waals surface area contributed by atoms with Gasteiger partial charge in [-0.1, -0.05) is 43.4 Å². The van der Waals surface area contributed by atoms with E-state index in [0.717, 1.165) is 19.3 Å². The molecule has 0 spiro atoms. The van der Waals surface area contributed by atoms with Crippen molar-refractivity contribution in [2.75, 3.05) is 0 Å². The molecule has 0 radical (unpaired) electrons. The van der Waals surface area contributed by atoms with Crippen LogP contribution in [-0.4, -0.2) is 0 Å². The van der Waals surface area contributed by atoms with Crippen molar-refractivity contribution < 1.29 is 0 Å². The van der Waals surface area contributed by atoms with E-state index in [1.807, 2.05) is 24.3 Å². The van der Waals surface area contributed by atoms with Crippen LogP contribution in [-0.2, 0) is 0 Å². The summed E-state index contributed by atoms with van der Waals surface area (Å²) in [6.45, 7) is 2.11. The Morgan fingerprint density at radius 3 is 2.38 bits per heavy atom. The number of hydrogen-bond acceptors (Lipinski definition) is 1. The van der Waals surface area contributed by atoms with Crippen molar-refractivity contribution in [1.29, 1.82) is 5.26 Å². The van der Waals surface area contributed by atoms with Gasteiger partial charge in [-0.15, -0.1) is 0 Å². The van der Waals surface area contributed by atoms with Gasteiger partial charge >= 0.3 is 0 Å². The molecule has 0 fully saturated rings. The molecule has 0 aromatic rings. The lowest BCUT2D eigenvalue weighted by Gasteiger charge is -1.83. The molecule has 0 aromatic heterocycles. The fourth-order valence-corrected chi connectivity index (χ4v) is 0.817. The van der Waals surface area contributed by atoms with E-state index in [0.29, 0.717) is 6.42 Å². The molecule has 0 unspecified atom stereocenters. The third-order valence-electron chi connectivity index (χ3n) is 1.50. The van der Waals surface area contributed by atoms with Crippen molar-refractivity contribution in [3.05, 3.63) is 36.5 Å². The van der Waals surface area contributed by atoms with Crippen molar-refractivity contribution >= 4 is 0 Å². The number of nitrogens with zero attached hydrogens (tertiary/aromatic N) is 1. The van der Waals surface area contributed by atoms with E-state index in [2.05, 4.69) is 25.1 Å². The molecule has 0 N–H and O–H groups in total. The van der Waals surface area contributed by atoms with Gasteiger partial charge in [0, 0.05) is 6.42 Å². The van der Waals surface area contributed by atoms with Crippen LogP contribution in [0.3, 0.4) is 0 Å². The van der Waals surface area contributed by atoms with Gasteiger partial charge in [-0.25, -0.2) is 0 Å². The predicted molar refractivity (Wildman–Crippen MR) is 57.2 cm³/mol. The third kappa shape index (κ3) is 10.7. The largest absolute Gasteiger partial charge is 0.198 e. The van der Waals surface area contributed by atoms with E-state index in [1.165, 1.54) is 0 Å². The Bertz CT molecular complexity index is 216. The highest BCUT2D eigenvalue weighted by Crippen LogP contribution is 1.95. The Kier molecular flexibility index (Phi) is 9.65. The maximum absolute atomic E-state index is 8.27. The summed E-state index contributed by atoms with van der Waals surface area (Å²) in [4.78, 5) is 0. The van der Waals surface area contributed by atoms with Gasteiger partial charge in [0.15, 0.2) is 0 Å². The normalized spacial score (nSPS) is 11.7. The average molecular weight is 175 g/mol. The maximum atomic E-state index is 8.27. The van der Waals surface area contributed by atoms with Crippen LogP contribution in [0.4, 0.5) is 0 Å². The standard InChI is InChI=1S/C12H17N/c1-2-3-4-5-6-7-8-9-10-11-12-13/h3-8H,2,9-11H2,1H3/b4-3+,6-5+,8-7+. The van der Waals surface area contributed by atoms with E-state index in [-0.39, 0.29) is 0 Å². The second-order valence-electron chi connectivity index (χ2n) is 2.70. The summed E-state index contributed by atoms with van der Waals surface area (Å²) in [7, 11) is 0. The van der Waals surface area contributed by atoms with Crippen LogP contribution in [0.15, 0.2) is 36.5 Å². The fourth-order valence-electron chi connectivity index (χ4n) is 0.817. The summed E-state index contributed by atoms with van der Waals surface area (Å²) in [6.07, 6.45) is 16.0. The highest BCUT2D eigenvalue weighted by atomic mass is 14.2. The SMILES string of the molecule is CC/C=C/C=C/C=C/CCCC#N. The van der Waals surface area contributed by atoms with Crippen LogP contribution >= 0.6 is 0 Å². The monoisotopic (exact) mass is 175 g/mol. The Hall–Kier alpha value is -1.29. The molecular formula is C12H17N. The summed E-state index contributed by atoms with van der Waals surface area (Å²) < 4.78 is 0. The second kappa shape index (κ2) is 10.7. The predicted octanol–water partition coefficient (Wildman–Crippen LogP) is 3.76. The first-order valence-corrected chi connectivity index (χ1v) is 4.77. The summed E-state index contributed by atoms with van der Waals surface area (Å²) in [6, 6.07) is 2.12. The van der Waals surface area contributed by atoms with Crippen LogP contribution in [0.1, 0.15) is 32.6 Å². The van der Waals surface area contributed by atoms with Crippen LogP contribution < -0.4 is 0 Å². The van der Waals surface area contributed by atoms with Crippen LogP contribution in [0.2, 0.25) is 0 Å². The Balaban J connectivity index is 3.36. The smallest absolute Gasteiger partial charge is 0.0621 e. The number of nitriles is 1. The molecule has 1 nitrogen and oxygen atoms in total. The van der Waals surface area contributed by atoms with Crippen LogP contribution in [0.25, 0.3) is 0 Å². The van der Waals surface area contributed by atoms with Gasteiger partial charge in [0.1, 0.15) is 0 Å². The molecule has 13 heavy (non-hydrogen) atoms. The van der Waals surface area contributed by atoms with E-state index >= 15 is 0 Å². The molecule has 0 aliphatic rings. The molecule has 0 amide bonds. The lowest BCUT2D eigenvalue weighted by molar-refractivity contribution is 0.876. The van der Waals surface area contributed by atoms with Gasteiger partial charge in [0.05, 0.1) is 6.07 Å². The molecule has 0 bridgehead atoms. The van der Waals surface area contributed by atoms with Crippen molar-refractivity contribution in [1.82, 2.24) is 0 Å². The van der Waals surface area contributed by atoms with Crippen molar-refractivity contribution in [2.24, 2.45) is 0 Å². The molecule has 70 valence electrons. The van der Waals surface area contributed by atoms with Gasteiger partial charge in [-0.3, -0.25) is 0 Å². The van der Waals surface area contributed by atoms with Gasteiger partial charge in [0.2, 0.25) is 0 Å². The Labute approximate surface area is 81.1 Å². The highest BCUT2D eigenvalue weighted by molar-refractivity contribution is 5.10. The van der Waals surface area contributed by atoms with Gasteiger partial charge < -0.3 is 0 Å². The fraction of sp³-hybridized carbons (Fsp3) is 0.417. The van der Waals surface area contributed by atoms with Crippen molar-refractivity contribution in [3.63, 3.8) is 0 Å². The van der Waals surface area contributed by atoms with Gasteiger partial charge in [-0.05, 0) is 19.3 Å². The van der Waals surface area contributed by atoms with E-state index < -0.39 is 0 Å². The minimum atomic E-state index is 0.657. The number of hydrogen-bond donors (Lipinski definition) is 0. The first kappa shape index (κ1) is 11.7. The third-order valence-corrected chi connectivity index (χ3v) is 1.50. The van der Waals surface area contributed by atoms with Gasteiger partial charge in [-0.2, -0.15) is 5.26 Å². The first-order valence-electron chi connectivity index (χ1n) is 4.77. The highest BCUT2D eigenvalue weighted by Gasteiger charge is 1.78. The summed E-state index contributed by atoms with van der Waals surface area (Å²) in [5, 5.41) is 8.27. The molecule has 1 heteroatoms. The molecule has 0 rings (SSSR count). The van der Waals surface area contributed by atoms with Crippen molar-refractivity contribution in [2.45, 2.75) is 32.6 Å². The minimum Gasteiger partial charge on any atom is -0.198 e. The van der Waals surface area contributed by atoms with Crippen LogP contribution in [0.5, 0.6) is 0 Å². The molecule has 0 aliphatic heterocycles. The maximum Gasteiger partial charge on any atom is 0.0621 e. The minimum absolute atomic E-state index is 0.657. The molecule has 0 saturated heterocycles. The molecule has 0 heterocycles. The van der Waals surface area contributed by atoms with E-state index in [1.54, 1.807) is 0 Å². The van der Waals surface area contributed by atoms with E-state index in [9.17, 15) is 0 Å². The lowest BCUT2D eigenvalue weighted by Crippen LogP contribution is -1.67. The molecular weight excluding hydrogens is 158 g/mol. The lowest BCUT2D eigenvalue weighted by atomic mass is 10.2. The van der Waals surface area contributed by atoms with Gasteiger partial charge in [0.25, 0.3) is 0 Å². The summed E-state index contributed by atoms with van der Waals surface area (Å²) in [5.41, 5.74) is 0. The van der Waals surface area contributed by atoms with E-state index in [4.69, 9.17) is 5.26 Å². The Morgan fingerprint density at radius 2 is 1.77 bits per heavy atom. The number of unbranched alkanes of at least 4 members (excludes halogenated alkanes) is 2. The Morgan fingerprint density at radius 1 is 1.08 bits per heavy atom. The zero-order valence-electron chi connectivity index (χ0n) is 8.24. The molecule has 0 atom stereocenters. The summed E-state index contributed by atoms with van der Waals surface area (Å²) in [5.74, 6) is 0. The molecule has 0 aromatic carbocycles. The van der Waals surface area contributed by atoms with Crippen LogP contribution in [0, 0.1) is 11.3 Å². The molecule has 0 aliphatic carbocycles. The topological polar surface area (TPSA) is 23.8 Å². The van der Waals surface area contributed by atoms with Crippen molar-refractivity contribution in [3.8, 4) is 6.07 Å². The number of allylic oxidation sites excluding steroid dienone is 6. The zero-order chi connectivity index (χ0) is 9.78. The number of rotatable bonds is 6.